The van der Waals surface area contributed by atoms with Gasteiger partial charge >= 0.3 is 0 Å². The van der Waals surface area contributed by atoms with Gasteiger partial charge in [0.15, 0.2) is 0 Å². The van der Waals surface area contributed by atoms with Crippen LogP contribution in [0.4, 0.5) is 0 Å². The molecule has 2 rings (SSSR count). The molecule has 1 saturated heterocycles. The molecule has 0 saturated carbocycles. The van der Waals surface area contributed by atoms with E-state index in [1.807, 2.05) is 12.1 Å². The number of hydrogen-bond acceptors (Lipinski definition) is 3. The van der Waals surface area contributed by atoms with Crippen LogP contribution in [0.1, 0.15) is 31.1 Å². The van der Waals surface area contributed by atoms with Crippen molar-refractivity contribution in [2.24, 2.45) is 5.73 Å². The molecule has 1 aromatic rings. The van der Waals surface area contributed by atoms with E-state index in [1.165, 1.54) is 6.42 Å². The normalized spacial score (nSPS) is 29.0. The monoisotopic (exact) mass is 181 g/mol. The van der Waals surface area contributed by atoms with E-state index < -0.39 is 0 Å². The lowest BCUT2D eigenvalue weighted by Gasteiger charge is -2.27. The van der Waals surface area contributed by atoms with E-state index in [-0.39, 0.29) is 12.2 Å². The SMILES string of the molecule is NCC1CCCC(c2ccco2)O1. The van der Waals surface area contributed by atoms with E-state index in [1.54, 1.807) is 6.26 Å². The minimum atomic E-state index is 0.122. The molecule has 13 heavy (non-hydrogen) atoms. The minimum absolute atomic E-state index is 0.122. The molecule has 1 aromatic heterocycles. The van der Waals surface area contributed by atoms with Gasteiger partial charge in [0.2, 0.25) is 0 Å². The first-order valence-corrected chi connectivity index (χ1v) is 4.79. The van der Waals surface area contributed by atoms with Crippen LogP contribution < -0.4 is 5.73 Å². The van der Waals surface area contributed by atoms with E-state index in [0.29, 0.717) is 6.54 Å². The molecule has 0 amide bonds. The van der Waals surface area contributed by atoms with Crippen molar-refractivity contribution in [3.8, 4) is 0 Å². The average molecular weight is 181 g/mol. The van der Waals surface area contributed by atoms with Gasteiger partial charge in [-0.15, -0.1) is 0 Å². The van der Waals surface area contributed by atoms with Gasteiger partial charge in [0.1, 0.15) is 11.9 Å². The van der Waals surface area contributed by atoms with Gasteiger partial charge in [-0.1, -0.05) is 0 Å². The smallest absolute Gasteiger partial charge is 0.132 e. The highest BCUT2D eigenvalue weighted by molar-refractivity contribution is 5.03. The average Bonchev–Trinajstić information content (AvgIpc) is 2.71. The highest BCUT2D eigenvalue weighted by Gasteiger charge is 2.24. The van der Waals surface area contributed by atoms with Crippen molar-refractivity contribution >= 4 is 0 Å². The van der Waals surface area contributed by atoms with E-state index in [4.69, 9.17) is 14.9 Å². The lowest BCUT2D eigenvalue weighted by Crippen LogP contribution is -2.29. The first-order chi connectivity index (χ1) is 6.40. The zero-order valence-electron chi connectivity index (χ0n) is 7.61. The molecule has 2 heterocycles. The van der Waals surface area contributed by atoms with Gasteiger partial charge in [-0.3, -0.25) is 0 Å². The Morgan fingerprint density at radius 1 is 1.46 bits per heavy atom. The van der Waals surface area contributed by atoms with Crippen LogP contribution in [0.5, 0.6) is 0 Å². The zero-order chi connectivity index (χ0) is 9.10. The Morgan fingerprint density at radius 2 is 2.38 bits per heavy atom. The van der Waals surface area contributed by atoms with Crippen molar-refractivity contribution in [1.29, 1.82) is 0 Å². The van der Waals surface area contributed by atoms with Crippen LogP contribution in [-0.2, 0) is 4.74 Å². The van der Waals surface area contributed by atoms with Gasteiger partial charge in [0.25, 0.3) is 0 Å². The predicted molar refractivity (Wildman–Crippen MR) is 49.2 cm³/mol. The van der Waals surface area contributed by atoms with Crippen molar-refractivity contribution in [3.05, 3.63) is 24.2 Å². The predicted octanol–water partition coefficient (Wildman–Crippen LogP) is 1.85. The number of nitrogens with two attached hydrogens (primary N) is 1. The second kappa shape index (κ2) is 3.94. The first kappa shape index (κ1) is 8.78. The van der Waals surface area contributed by atoms with Crippen molar-refractivity contribution < 1.29 is 9.15 Å². The Labute approximate surface area is 77.9 Å². The Hall–Kier alpha value is -0.800. The molecule has 2 N–H and O–H groups in total. The van der Waals surface area contributed by atoms with Gasteiger partial charge in [0.05, 0.1) is 12.4 Å². The summed E-state index contributed by atoms with van der Waals surface area (Å²) in [5.74, 6) is 0.929. The molecule has 1 aliphatic rings. The van der Waals surface area contributed by atoms with Gasteiger partial charge in [-0.05, 0) is 31.4 Å². The second-order valence-electron chi connectivity index (χ2n) is 3.43. The molecule has 0 spiro atoms. The van der Waals surface area contributed by atoms with Crippen LogP contribution in [0, 0.1) is 0 Å². The summed E-state index contributed by atoms with van der Waals surface area (Å²) in [6.45, 7) is 0.608. The maximum atomic E-state index is 5.76. The van der Waals surface area contributed by atoms with Crippen LogP contribution in [0.25, 0.3) is 0 Å². The van der Waals surface area contributed by atoms with Crippen LogP contribution in [0.15, 0.2) is 22.8 Å². The Bertz CT molecular complexity index is 245. The fourth-order valence-corrected chi connectivity index (χ4v) is 1.76. The maximum Gasteiger partial charge on any atom is 0.132 e. The van der Waals surface area contributed by atoms with Crippen LogP contribution in [-0.4, -0.2) is 12.6 Å². The van der Waals surface area contributed by atoms with Gasteiger partial charge in [0, 0.05) is 6.54 Å². The van der Waals surface area contributed by atoms with Crippen LogP contribution >= 0.6 is 0 Å². The van der Waals surface area contributed by atoms with Gasteiger partial charge in [-0.2, -0.15) is 0 Å². The third kappa shape index (κ3) is 1.92. The summed E-state index contributed by atoms with van der Waals surface area (Å²) < 4.78 is 11.1. The summed E-state index contributed by atoms with van der Waals surface area (Å²) in [4.78, 5) is 0. The van der Waals surface area contributed by atoms with Crippen molar-refractivity contribution in [1.82, 2.24) is 0 Å². The lowest BCUT2D eigenvalue weighted by molar-refractivity contribution is -0.0558. The largest absolute Gasteiger partial charge is 0.467 e. The zero-order valence-corrected chi connectivity index (χ0v) is 7.61. The van der Waals surface area contributed by atoms with E-state index in [9.17, 15) is 0 Å². The highest BCUT2D eigenvalue weighted by Crippen LogP contribution is 2.30. The Kier molecular flexibility index (Phi) is 2.66. The fraction of sp³-hybridized carbons (Fsp3) is 0.600. The molecule has 3 nitrogen and oxygen atoms in total. The maximum absolute atomic E-state index is 5.76. The van der Waals surface area contributed by atoms with E-state index in [2.05, 4.69) is 0 Å². The first-order valence-electron chi connectivity index (χ1n) is 4.79. The van der Waals surface area contributed by atoms with Crippen LogP contribution in [0.2, 0.25) is 0 Å². The highest BCUT2D eigenvalue weighted by atomic mass is 16.5. The second-order valence-corrected chi connectivity index (χ2v) is 3.43. The third-order valence-electron chi connectivity index (χ3n) is 2.47. The molecular weight excluding hydrogens is 166 g/mol. The van der Waals surface area contributed by atoms with E-state index in [0.717, 1.165) is 18.6 Å². The minimum Gasteiger partial charge on any atom is -0.467 e. The fourth-order valence-electron chi connectivity index (χ4n) is 1.76. The number of ether oxygens (including phenoxy) is 1. The van der Waals surface area contributed by atoms with Crippen molar-refractivity contribution in [3.63, 3.8) is 0 Å². The molecule has 3 heteroatoms. The molecule has 2 unspecified atom stereocenters. The number of hydrogen-bond donors (Lipinski definition) is 1. The summed E-state index contributed by atoms with van der Waals surface area (Å²) in [6, 6.07) is 3.86. The van der Waals surface area contributed by atoms with Crippen molar-refractivity contribution in [2.75, 3.05) is 6.54 Å². The molecule has 1 fully saturated rings. The molecule has 1 aliphatic heterocycles. The third-order valence-corrected chi connectivity index (χ3v) is 2.47. The lowest BCUT2D eigenvalue weighted by atomic mass is 10.0. The molecule has 0 aliphatic carbocycles. The summed E-state index contributed by atoms with van der Waals surface area (Å²) >= 11 is 0. The van der Waals surface area contributed by atoms with Gasteiger partial charge in [-0.25, -0.2) is 0 Å². The summed E-state index contributed by atoms with van der Waals surface area (Å²) in [7, 11) is 0. The molecule has 0 aromatic carbocycles. The molecule has 0 radical (unpaired) electrons. The summed E-state index contributed by atoms with van der Waals surface area (Å²) in [5.41, 5.74) is 5.56. The molecule has 0 bridgehead atoms. The summed E-state index contributed by atoms with van der Waals surface area (Å²) in [5, 5.41) is 0. The topological polar surface area (TPSA) is 48.4 Å². The van der Waals surface area contributed by atoms with Crippen molar-refractivity contribution in [2.45, 2.75) is 31.5 Å². The number of furan rings is 1. The standard InChI is InChI=1S/C10H15NO2/c11-7-8-3-1-4-10(13-8)9-5-2-6-12-9/h2,5-6,8,10H,1,3-4,7,11H2. The molecule has 2 atom stereocenters. The van der Waals surface area contributed by atoms with E-state index >= 15 is 0 Å². The summed E-state index contributed by atoms with van der Waals surface area (Å²) in [6.07, 6.45) is 5.32. The Balaban J connectivity index is 2.00. The van der Waals surface area contributed by atoms with Gasteiger partial charge < -0.3 is 14.9 Å². The quantitative estimate of drug-likeness (QED) is 0.757. The molecular formula is C10H15NO2. The molecule has 72 valence electrons. The Morgan fingerprint density at radius 3 is 3.08 bits per heavy atom. The number of rotatable bonds is 2. The van der Waals surface area contributed by atoms with Crippen LogP contribution in [0.3, 0.4) is 0 Å².